The van der Waals surface area contributed by atoms with Crippen molar-refractivity contribution >= 4 is 12.0 Å². The van der Waals surface area contributed by atoms with Crippen LogP contribution >= 0.6 is 0 Å². The third-order valence-corrected chi connectivity index (χ3v) is 3.82. The molecule has 0 saturated carbocycles. The molecule has 2 saturated heterocycles. The first-order valence-corrected chi connectivity index (χ1v) is 7.12. The minimum Gasteiger partial charge on any atom is -0.479 e. The van der Waals surface area contributed by atoms with E-state index < -0.39 is 12.1 Å². The summed E-state index contributed by atoms with van der Waals surface area (Å²) in [6.07, 6.45) is 1.08. The number of carboxylic acid groups (broad SMARTS) is 1. The summed E-state index contributed by atoms with van der Waals surface area (Å²) in [5.74, 6) is -0.932. The van der Waals surface area contributed by atoms with Crippen molar-refractivity contribution < 1.29 is 24.2 Å². The highest BCUT2D eigenvalue weighted by Gasteiger charge is 2.31. The number of carbonyl (C=O) groups excluding carboxylic acids is 1. The number of nitrogens with zero attached hydrogens (tertiary/aromatic N) is 1. The molecular formula is C13H22N2O5. The Morgan fingerprint density at radius 1 is 1.40 bits per heavy atom. The third kappa shape index (κ3) is 3.61. The van der Waals surface area contributed by atoms with E-state index in [1.165, 1.54) is 0 Å². The second-order valence-electron chi connectivity index (χ2n) is 5.18. The molecule has 7 heteroatoms. The van der Waals surface area contributed by atoms with Crippen molar-refractivity contribution in [3.63, 3.8) is 0 Å². The van der Waals surface area contributed by atoms with E-state index in [2.05, 4.69) is 5.32 Å². The van der Waals surface area contributed by atoms with E-state index in [9.17, 15) is 9.59 Å². The number of urea groups is 1. The monoisotopic (exact) mass is 286 g/mol. The van der Waals surface area contributed by atoms with Crippen LogP contribution in [0.5, 0.6) is 0 Å². The van der Waals surface area contributed by atoms with Gasteiger partial charge in [0.15, 0.2) is 6.10 Å². The predicted octanol–water partition coefficient (Wildman–Crippen LogP) is 0.439. The zero-order valence-electron chi connectivity index (χ0n) is 11.7. The molecule has 3 atom stereocenters. The van der Waals surface area contributed by atoms with Gasteiger partial charge in [0.2, 0.25) is 0 Å². The minimum atomic E-state index is -0.932. The van der Waals surface area contributed by atoms with Gasteiger partial charge in [-0.25, -0.2) is 9.59 Å². The molecule has 2 fully saturated rings. The Bertz CT molecular complexity index is 363. The number of nitrogens with one attached hydrogen (secondary N) is 1. The van der Waals surface area contributed by atoms with E-state index in [0.29, 0.717) is 39.1 Å². The Labute approximate surface area is 118 Å². The first-order valence-electron chi connectivity index (χ1n) is 7.12. The molecular weight excluding hydrogens is 264 g/mol. The number of amides is 2. The van der Waals surface area contributed by atoms with Gasteiger partial charge in [-0.1, -0.05) is 6.92 Å². The summed E-state index contributed by atoms with van der Waals surface area (Å²) in [5, 5.41) is 11.7. The van der Waals surface area contributed by atoms with E-state index in [1.807, 2.05) is 6.92 Å². The maximum atomic E-state index is 12.1. The van der Waals surface area contributed by atoms with Gasteiger partial charge in [0.05, 0.1) is 25.4 Å². The molecule has 2 amide bonds. The van der Waals surface area contributed by atoms with Crippen LogP contribution in [0.15, 0.2) is 0 Å². The molecule has 2 rings (SSSR count). The summed E-state index contributed by atoms with van der Waals surface area (Å²) in [4.78, 5) is 24.7. The van der Waals surface area contributed by atoms with Gasteiger partial charge >= 0.3 is 12.0 Å². The highest BCUT2D eigenvalue weighted by molar-refractivity contribution is 5.75. The fraction of sp³-hybridized carbons (Fsp3) is 0.846. The second-order valence-corrected chi connectivity index (χ2v) is 5.18. The van der Waals surface area contributed by atoms with E-state index in [4.69, 9.17) is 14.6 Å². The highest BCUT2D eigenvalue weighted by atomic mass is 16.5. The smallest absolute Gasteiger partial charge is 0.332 e. The lowest BCUT2D eigenvalue weighted by atomic mass is 10.2. The Morgan fingerprint density at radius 2 is 2.20 bits per heavy atom. The lowest BCUT2D eigenvalue weighted by molar-refractivity contribution is -0.149. The Kier molecular flexibility index (Phi) is 5.19. The molecule has 2 heterocycles. The Hall–Kier alpha value is -1.34. The molecule has 0 aromatic rings. The molecule has 0 spiro atoms. The lowest BCUT2D eigenvalue weighted by Gasteiger charge is -2.35. The van der Waals surface area contributed by atoms with E-state index in [-0.39, 0.29) is 18.2 Å². The van der Waals surface area contributed by atoms with Crippen molar-refractivity contribution in [2.24, 2.45) is 0 Å². The number of ether oxygens (including phenoxy) is 2. The number of carboxylic acids is 1. The molecule has 0 aliphatic carbocycles. The van der Waals surface area contributed by atoms with Gasteiger partial charge in [0.1, 0.15) is 0 Å². The molecule has 7 nitrogen and oxygen atoms in total. The number of aliphatic carboxylic acids is 1. The Balaban J connectivity index is 1.76. The summed E-state index contributed by atoms with van der Waals surface area (Å²) in [6.45, 7) is 4.11. The van der Waals surface area contributed by atoms with Crippen molar-refractivity contribution in [3.05, 3.63) is 0 Å². The van der Waals surface area contributed by atoms with Crippen LogP contribution in [-0.2, 0) is 14.3 Å². The first kappa shape index (κ1) is 15.1. The van der Waals surface area contributed by atoms with Crippen LogP contribution in [0.1, 0.15) is 26.2 Å². The largest absolute Gasteiger partial charge is 0.479 e. The van der Waals surface area contributed by atoms with Gasteiger partial charge in [-0.15, -0.1) is 0 Å². The van der Waals surface area contributed by atoms with E-state index in [0.717, 1.165) is 6.42 Å². The first-order chi connectivity index (χ1) is 9.61. The normalized spacial score (nSPS) is 30.2. The molecule has 20 heavy (non-hydrogen) atoms. The third-order valence-electron chi connectivity index (χ3n) is 3.82. The second kappa shape index (κ2) is 6.90. The predicted molar refractivity (Wildman–Crippen MR) is 70.5 cm³/mol. The van der Waals surface area contributed by atoms with Gasteiger partial charge in [-0.3, -0.25) is 0 Å². The quantitative estimate of drug-likeness (QED) is 0.783. The van der Waals surface area contributed by atoms with Gasteiger partial charge < -0.3 is 24.8 Å². The highest BCUT2D eigenvalue weighted by Crippen LogP contribution is 2.19. The average molecular weight is 286 g/mol. The topological polar surface area (TPSA) is 88.1 Å². The van der Waals surface area contributed by atoms with Crippen LogP contribution < -0.4 is 5.32 Å². The van der Waals surface area contributed by atoms with Crippen molar-refractivity contribution in [1.29, 1.82) is 0 Å². The number of carbonyl (C=O) groups is 2. The minimum absolute atomic E-state index is 0.111. The number of hydrogen-bond donors (Lipinski definition) is 2. The maximum Gasteiger partial charge on any atom is 0.332 e. The fourth-order valence-electron chi connectivity index (χ4n) is 2.60. The van der Waals surface area contributed by atoms with Crippen LogP contribution in [0.25, 0.3) is 0 Å². The molecule has 0 aromatic heterocycles. The molecule has 114 valence electrons. The summed E-state index contributed by atoms with van der Waals surface area (Å²) >= 11 is 0. The SMILES string of the molecule is CCC1COCCN1C(=O)NCC1CCC(C(=O)O)O1. The summed E-state index contributed by atoms with van der Waals surface area (Å²) in [6, 6.07) is -0.0115. The molecule has 2 aliphatic heterocycles. The number of rotatable bonds is 4. The van der Waals surface area contributed by atoms with E-state index in [1.54, 1.807) is 4.90 Å². The van der Waals surface area contributed by atoms with Crippen LogP contribution in [0, 0.1) is 0 Å². The van der Waals surface area contributed by atoms with Crippen molar-refractivity contribution in [3.8, 4) is 0 Å². The van der Waals surface area contributed by atoms with Crippen molar-refractivity contribution in [2.45, 2.75) is 44.4 Å². The molecule has 3 unspecified atom stereocenters. The van der Waals surface area contributed by atoms with Crippen LogP contribution in [0.2, 0.25) is 0 Å². The summed E-state index contributed by atoms with van der Waals surface area (Å²) in [5.41, 5.74) is 0. The van der Waals surface area contributed by atoms with Crippen molar-refractivity contribution in [2.75, 3.05) is 26.3 Å². The molecule has 0 radical (unpaired) electrons. The fourth-order valence-corrected chi connectivity index (χ4v) is 2.60. The van der Waals surface area contributed by atoms with Crippen LogP contribution in [0.4, 0.5) is 4.79 Å². The molecule has 2 N–H and O–H groups in total. The van der Waals surface area contributed by atoms with Gasteiger partial charge in [-0.05, 0) is 19.3 Å². The lowest BCUT2D eigenvalue weighted by Crippen LogP contribution is -2.53. The van der Waals surface area contributed by atoms with Gasteiger partial charge in [0.25, 0.3) is 0 Å². The van der Waals surface area contributed by atoms with Crippen molar-refractivity contribution in [1.82, 2.24) is 10.2 Å². The summed E-state index contributed by atoms with van der Waals surface area (Å²) in [7, 11) is 0. The standard InChI is InChI=1S/C13H22N2O5/c1-2-9-8-19-6-5-15(9)13(18)14-7-10-3-4-11(20-10)12(16)17/h9-11H,2-8H2,1H3,(H,14,18)(H,16,17). The molecule has 0 bridgehead atoms. The Morgan fingerprint density at radius 3 is 2.85 bits per heavy atom. The zero-order valence-corrected chi connectivity index (χ0v) is 11.7. The zero-order chi connectivity index (χ0) is 14.5. The number of hydrogen-bond acceptors (Lipinski definition) is 4. The molecule has 0 aromatic carbocycles. The van der Waals surface area contributed by atoms with Crippen LogP contribution in [-0.4, -0.2) is 66.6 Å². The average Bonchev–Trinajstić information content (AvgIpc) is 2.94. The van der Waals surface area contributed by atoms with E-state index >= 15 is 0 Å². The van der Waals surface area contributed by atoms with Crippen LogP contribution in [0.3, 0.4) is 0 Å². The maximum absolute atomic E-state index is 12.1. The number of morpholine rings is 1. The summed E-state index contributed by atoms with van der Waals surface area (Å²) < 4.78 is 10.7. The molecule has 2 aliphatic rings. The van der Waals surface area contributed by atoms with Gasteiger partial charge in [-0.2, -0.15) is 0 Å². The van der Waals surface area contributed by atoms with Gasteiger partial charge in [0, 0.05) is 13.1 Å².